The zero-order valence-corrected chi connectivity index (χ0v) is 20.8. The standard InChI is InChI=1S/C27H50O4/c1-26(2,21-28)19-7-5-11-22-13-9-15-24(30-22)17-18-25-16-10-14-23(31-25)12-6-8-20-27(3,4)29/h17-18,22-25,28-29H,5-16,19-21H2,1-4H3. The first-order valence-electron chi connectivity index (χ1n) is 13.0. The summed E-state index contributed by atoms with van der Waals surface area (Å²) < 4.78 is 12.7. The van der Waals surface area contributed by atoms with Crippen molar-refractivity contribution in [2.75, 3.05) is 6.61 Å². The van der Waals surface area contributed by atoms with Crippen molar-refractivity contribution in [3.63, 3.8) is 0 Å². The van der Waals surface area contributed by atoms with Crippen molar-refractivity contribution in [1.29, 1.82) is 0 Å². The molecule has 0 aromatic carbocycles. The first kappa shape index (κ1) is 26.8. The van der Waals surface area contributed by atoms with Gasteiger partial charge in [-0.2, -0.15) is 0 Å². The van der Waals surface area contributed by atoms with Crippen LogP contribution >= 0.6 is 0 Å². The Labute approximate surface area is 191 Å². The van der Waals surface area contributed by atoms with Crippen molar-refractivity contribution in [1.82, 2.24) is 0 Å². The average molecular weight is 439 g/mol. The molecule has 2 aliphatic rings. The second-order valence-corrected chi connectivity index (χ2v) is 11.5. The van der Waals surface area contributed by atoms with Gasteiger partial charge in [0.15, 0.2) is 0 Å². The van der Waals surface area contributed by atoms with E-state index in [-0.39, 0.29) is 24.2 Å². The second-order valence-electron chi connectivity index (χ2n) is 11.5. The normalized spacial score (nSPS) is 28.3. The van der Waals surface area contributed by atoms with Crippen LogP contribution in [0.4, 0.5) is 0 Å². The molecule has 2 fully saturated rings. The average Bonchev–Trinajstić information content (AvgIpc) is 2.73. The summed E-state index contributed by atoms with van der Waals surface area (Å²) in [5, 5.41) is 19.2. The molecule has 0 saturated carbocycles. The molecule has 0 aromatic rings. The molecule has 182 valence electrons. The van der Waals surface area contributed by atoms with Crippen LogP contribution in [0.25, 0.3) is 0 Å². The van der Waals surface area contributed by atoms with E-state index in [0.29, 0.717) is 12.2 Å². The van der Waals surface area contributed by atoms with Crippen molar-refractivity contribution in [3.05, 3.63) is 12.2 Å². The Bertz CT molecular complexity index is 508. The summed E-state index contributed by atoms with van der Waals surface area (Å²) in [5.74, 6) is 0. The zero-order chi connectivity index (χ0) is 22.7. The fourth-order valence-electron chi connectivity index (χ4n) is 4.80. The lowest BCUT2D eigenvalue weighted by Crippen LogP contribution is -2.28. The summed E-state index contributed by atoms with van der Waals surface area (Å²) in [6.07, 6.45) is 21.6. The maximum absolute atomic E-state index is 9.85. The highest BCUT2D eigenvalue weighted by Crippen LogP contribution is 2.28. The SMILES string of the molecule is CC(C)(O)CCCCC1CCCC(C=CC2CCCC(CCCCC(C)(C)CO)O2)O1. The zero-order valence-electron chi connectivity index (χ0n) is 20.8. The number of rotatable bonds is 13. The largest absolute Gasteiger partial charge is 0.396 e. The smallest absolute Gasteiger partial charge is 0.0760 e. The van der Waals surface area contributed by atoms with Gasteiger partial charge in [-0.25, -0.2) is 0 Å². The molecule has 0 aromatic heterocycles. The predicted octanol–water partition coefficient (Wildman–Crippen LogP) is 6.33. The number of hydrogen-bond acceptors (Lipinski definition) is 4. The van der Waals surface area contributed by atoms with Gasteiger partial charge in [0.05, 0.1) is 30.0 Å². The molecule has 31 heavy (non-hydrogen) atoms. The van der Waals surface area contributed by atoms with E-state index in [2.05, 4.69) is 26.0 Å². The quantitative estimate of drug-likeness (QED) is 0.261. The van der Waals surface area contributed by atoms with Crippen LogP contribution in [-0.2, 0) is 9.47 Å². The third-order valence-corrected chi connectivity index (χ3v) is 6.93. The number of unbranched alkanes of at least 4 members (excludes halogenated alkanes) is 2. The topological polar surface area (TPSA) is 58.9 Å². The van der Waals surface area contributed by atoms with Crippen LogP contribution < -0.4 is 0 Å². The lowest BCUT2D eigenvalue weighted by atomic mass is 9.87. The van der Waals surface area contributed by atoms with Crippen molar-refractivity contribution in [2.24, 2.45) is 5.41 Å². The molecule has 4 nitrogen and oxygen atoms in total. The summed E-state index contributed by atoms with van der Waals surface area (Å²) in [6, 6.07) is 0. The predicted molar refractivity (Wildman–Crippen MR) is 128 cm³/mol. The van der Waals surface area contributed by atoms with Crippen molar-refractivity contribution in [2.45, 2.75) is 148 Å². The van der Waals surface area contributed by atoms with E-state index in [0.717, 1.165) is 51.4 Å². The molecule has 2 rings (SSSR count). The summed E-state index contributed by atoms with van der Waals surface area (Å²) >= 11 is 0. The molecule has 2 N–H and O–H groups in total. The Kier molecular flexibility index (Phi) is 11.5. The third-order valence-electron chi connectivity index (χ3n) is 6.93. The molecular weight excluding hydrogens is 388 g/mol. The summed E-state index contributed by atoms with van der Waals surface area (Å²) in [5.41, 5.74) is -0.501. The monoisotopic (exact) mass is 438 g/mol. The van der Waals surface area contributed by atoms with Crippen molar-refractivity contribution < 1.29 is 19.7 Å². The summed E-state index contributed by atoms with van der Waals surface area (Å²) in [6.45, 7) is 8.32. The number of hydrogen-bond donors (Lipinski definition) is 2. The van der Waals surface area contributed by atoms with E-state index in [4.69, 9.17) is 9.47 Å². The van der Waals surface area contributed by atoms with Crippen LogP contribution in [0.3, 0.4) is 0 Å². The Morgan fingerprint density at radius 2 is 1.23 bits per heavy atom. The fraction of sp³-hybridized carbons (Fsp3) is 0.926. The highest BCUT2D eigenvalue weighted by atomic mass is 16.5. The maximum atomic E-state index is 9.85. The Morgan fingerprint density at radius 1 is 0.742 bits per heavy atom. The van der Waals surface area contributed by atoms with Gasteiger partial charge in [-0.1, -0.05) is 51.7 Å². The molecular formula is C27H50O4. The molecule has 0 bridgehead atoms. The highest BCUT2D eigenvalue weighted by Gasteiger charge is 2.24. The van der Waals surface area contributed by atoms with E-state index >= 15 is 0 Å². The van der Waals surface area contributed by atoms with Crippen LogP contribution in [0, 0.1) is 5.41 Å². The molecule has 0 amide bonds. The Balaban J connectivity index is 1.65. The lowest BCUT2D eigenvalue weighted by Gasteiger charge is -2.31. The van der Waals surface area contributed by atoms with Gasteiger partial charge in [0, 0.05) is 6.61 Å². The van der Waals surface area contributed by atoms with E-state index < -0.39 is 5.60 Å². The van der Waals surface area contributed by atoms with E-state index in [1.165, 1.54) is 38.5 Å². The van der Waals surface area contributed by atoms with Gasteiger partial charge >= 0.3 is 0 Å². The van der Waals surface area contributed by atoms with E-state index in [9.17, 15) is 10.2 Å². The van der Waals surface area contributed by atoms with E-state index in [1.807, 2.05) is 13.8 Å². The minimum atomic E-state index is -0.549. The first-order valence-corrected chi connectivity index (χ1v) is 13.0. The molecule has 4 heteroatoms. The minimum absolute atomic E-state index is 0.0476. The van der Waals surface area contributed by atoms with Gasteiger partial charge in [-0.05, 0) is 83.5 Å². The van der Waals surface area contributed by atoms with E-state index in [1.54, 1.807) is 0 Å². The Hall–Kier alpha value is -0.420. The molecule has 2 saturated heterocycles. The molecule has 4 unspecified atom stereocenters. The molecule has 4 atom stereocenters. The number of aliphatic hydroxyl groups is 2. The third kappa shape index (κ3) is 11.8. The van der Waals surface area contributed by atoms with Crippen LogP contribution in [0.2, 0.25) is 0 Å². The highest BCUT2D eigenvalue weighted by molar-refractivity contribution is 4.98. The minimum Gasteiger partial charge on any atom is -0.396 e. The number of ether oxygens (including phenoxy) is 2. The van der Waals surface area contributed by atoms with Gasteiger partial charge < -0.3 is 19.7 Å². The molecule has 0 aliphatic carbocycles. The van der Waals surface area contributed by atoms with Crippen LogP contribution in [0.15, 0.2) is 12.2 Å². The number of aliphatic hydroxyl groups excluding tert-OH is 1. The lowest BCUT2D eigenvalue weighted by molar-refractivity contribution is -0.0387. The second kappa shape index (κ2) is 13.3. The summed E-state index contributed by atoms with van der Waals surface area (Å²) in [4.78, 5) is 0. The molecule has 2 aliphatic heterocycles. The Morgan fingerprint density at radius 3 is 1.68 bits per heavy atom. The molecule has 0 spiro atoms. The van der Waals surface area contributed by atoms with Gasteiger partial charge in [0.25, 0.3) is 0 Å². The van der Waals surface area contributed by atoms with Crippen molar-refractivity contribution >= 4 is 0 Å². The molecule has 0 radical (unpaired) electrons. The van der Waals surface area contributed by atoms with Crippen molar-refractivity contribution in [3.8, 4) is 0 Å². The van der Waals surface area contributed by atoms with Crippen LogP contribution in [0.5, 0.6) is 0 Å². The van der Waals surface area contributed by atoms with Crippen LogP contribution in [0.1, 0.15) is 118 Å². The van der Waals surface area contributed by atoms with Crippen LogP contribution in [-0.4, -0.2) is 46.8 Å². The summed E-state index contributed by atoms with van der Waals surface area (Å²) in [7, 11) is 0. The van der Waals surface area contributed by atoms with Gasteiger partial charge in [0.2, 0.25) is 0 Å². The maximum Gasteiger partial charge on any atom is 0.0760 e. The van der Waals surface area contributed by atoms with Gasteiger partial charge in [-0.15, -0.1) is 0 Å². The van der Waals surface area contributed by atoms with Gasteiger partial charge in [-0.3, -0.25) is 0 Å². The molecule has 2 heterocycles. The fourth-order valence-corrected chi connectivity index (χ4v) is 4.80. The first-order chi connectivity index (χ1) is 14.7. The van der Waals surface area contributed by atoms with Gasteiger partial charge in [0.1, 0.15) is 0 Å².